The number of hydrogen-bond acceptors (Lipinski definition) is 2. The van der Waals surface area contributed by atoms with Crippen LogP contribution in [-0.2, 0) is 12.0 Å². The van der Waals surface area contributed by atoms with Crippen molar-refractivity contribution >= 4 is 17.0 Å². The molecule has 0 amide bonds. The van der Waals surface area contributed by atoms with E-state index in [2.05, 4.69) is 30.3 Å². The summed E-state index contributed by atoms with van der Waals surface area (Å²) in [4.78, 5) is 15.6. The van der Waals surface area contributed by atoms with E-state index in [1.54, 1.807) is 18.2 Å². The molecule has 0 saturated heterocycles. The molecule has 0 atom stereocenters. The molecule has 0 radical (unpaired) electrons. The SMILES string of the molecule is CCn1c(C(C)(C)C)nc2ccc(C(=O)O)cc21. The molecule has 18 heavy (non-hydrogen) atoms. The maximum atomic E-state index is 11.0. The van der Waals surface area contributed by atoms with Crippen molar-refractivity contribution in [2.75, 3.05) is 0 Å². The van der Waals surface area contributed by atoms with Crippen LogP contribution in [0, 0.1) is 0 Å². The minimum Gasteiger partial charge on any atom is -0.478 e. The molecule has 0 saturated carbocycles. The van der Waals surface area contributed by atoms with Gasteiger partial charge in [0.25, 0.3) is 0 Å². The molecular formula is C14H18N2O2. The van der Waals surface area contributed by atoms with Gasteiger partial charge in [-0.2, -0.15) is 0 Å². The van der Waals surface area contributed by atoms with E-state index in [9.17, 15) is 4.79 Å². The normalized spacial score (nSPS) is 12.0. The fraction of sp³-hybridized carbons (Fsp3) is 0.429. The van der Waals surface area contributed by atoms with Crippen LogP contribution in [0.5, 0.6) is 0 Å². The average Bonchev–Trinajstić information content (AvgIpc) is 2.65. The van der Waals surface area contributed by atoms with Gasteiger partial charge in [0.2, 0.25) is 0 Å². The molecule has 96 valence electrons. The summed E-state index contributed by atoms with van der Waals surface area (Å²) in [5, 5.41) is 9.04. The summed E-state index contributed by atoms with van der Waals surface area (Å²) in [6, 6.07) is 5.08. The van der Waals surface area contributed by atoms with Crippen LogP contribution in [0.4, 0.5) is 0 Å². The van der Waals surface area contributed by atoms with Crippen LogP contribution in [0.3, 0.4) is 0 Å². The lowest BCUT2D eigenvalue weighted by Gasteiger charge is -2.19. The Morgan fingerprint density at radius 3 is 2.56 bits per heavy atom. The molecule has 0 unspecified atom stereocenters. The van der Waals surface area contributed by atoms with Crippen molar-refractivity contribution in [1.82, 2.24) is 9.55 Å². The van der Waals surface area contributed by atoms with Crippen LogP contribution in [0.15, 0.2) is 18.2 Å². The third-order valence-electron chi connectivity index (χ3n) is 2.98. The van der Waals surface area contributed by atoms with Crippen molar-refractivity contribution in [3.05, 3.63) is 29.6 Å². The number of aromatic nitrogens is 2. The van der Waals surface area contributed by atoms with Gasteiger partial charge in [-0.15, -0.1) is 0 Å². The first kappa shape index (κ1) is 12.6. The molecule has 2 aromatic rings. The van der Waals surface area contributed by atoms with E-state index in [0.29, 0.717) is 5.56 Å². The lowest BCUT2D eigenvalue weighted by molar-refractivity contribution is 0.0697. The number of carbonyl (C=O) groups is 1. The maximum absolute atomic E-state index is 11.0. The smallest absolute Gasteiger partial charge is 0.335 e. The van der Waals surface area contributed by atoms with Gasteiger partial charge in [-0.05, 0) is 25.1 Å². The molecule has 0 aliphatic heterocycles. The second-order valence-electron chi connectivity index (χ2n) is 5.44. The highest BCUT2D eigenvalue weighted by atomic mass is 16.4. The van der Waals surface area contributed by atoms with Crippen molar-refractivity contribution in [2.24, 2.45) is 0 Å². The summed E-state index contributed by atoms with van der Waals surface area (Å²) < 4.78 is 2.09. The third-order valence-corrected chi connectivity index (χ3v) is 2.98. The Morgan fingerprint density at radius 2 is 2.06 bits per heavy atom. The largest absolute Gasteiger partial charge is 0.478 e. The minimum atomic E-state index is -0.905. The van der Waals surface area contributed by atoms with E-state index in [1.165, 1.54) is 0 Å². The molecule has 0 spiro atoms. The first-order valence-electron chi connectivity index (χ1n) is 6.08. The van der Waals surface area contributed by atoms with E-state index in [-0.39, 0.29) is 5.41 Å². The van der Waals surface area contributed by atoms with Gasteiger partial charge in [-0.25, -0.2) is 9.78 Å². The second-order valence-corrected chi connectivity index (χ2v) is 5.44. The van der Waals surface area contributed by atoms with Gasteiger partial charge in [0.05, 0.1) is 16.6 Å². The van der Waals surface area contributed by atoms with Crippen LogP contribution in [0.25, 0.3) is 11.0 Å². The van der Waals surface area contributed by atoms with Crippen molar-refractivity contribution in [1.29, 1.82) is 0 Å². The third kappa shape index (κ3) is 1.98. The minimum absolute atomic E-state index is 0.0571. The molecule has 1 heterocycles. The Bertz CT molecular complexity index is 606. The van der Waals surface area contributed by atoms with Gasteiger partial charge in [0.15, 0.2) is 0 Å². The van der Waals surface area contributed by atoms with Gasteiger partial charge in [0, 0.05) is 12.0 Å². The van der Waals surface area contributed by atoms with Crippen LogP contribution in [0.1, 0.15) is 43.9 Å². The highest BCUT2D eigenvalue weighted by molar-refractivity contribution is 5.92. The van der Waals surface area contributed by atoms with E-state index < -0.39 is 5.97 Å². The predicted octanol–water partition coefficient (Wildman–Crippen LogP) is 3.05. The standard InChI is InChI=1S/C14H18N2O2/c1-5-16-11-8-9(12(17)18)6-7-10(11)15-13(16)14(2,3)4/h6-8H,5H2,1-4H3,(H,17,18). The van der Waals surface area contributed by atoms with Crippen molar-refractivity contribution in [3.63, 3.8) is 0 Å². The fourth-order valence-electron chi connectivity index (χ4n) is 2.15. The van der Waals surface area contributed by atoms with Gasteiger partial charge < -0.3 is 9.67 Å². The molecule has 0 aliphatic carbocycles. The van der Waals surface area contributed by atoms with Gasteiger partial charge in [0.1, 0.15) is 5.82 Å². The van der Waals surface area contributed by atoms with Crippen molar-refractivity contribution in [3.8, 4) is 0 Å². The number of rotatable bonds is 2. The topological polar surface area (TPSA) is 55.1 Å². The number of aromatic carboxylic acids is 1. The molecule has 0 bridgehead atoms. The summed E-state index contributed by atoms with van der Waals surface area (Å²) in [5.41, 5.74) is 1.99. The maximum Gasteiger partial charge on any atom is 0.335 e. The summed E-state index contributed by atoms with van der Waals surface area (Å²) >= 11 is 0. The molecular weight excluding hydrogens is 228 g/mol. The van der Waals surface area contributed by atoms with E-state index in [4.69, 9.17) is 5.11 Å². The Balaban J connectivity index is 2.74. The van der Waals surface area contributed by atoms with Gasteiger partial charge in [-0.1, -0.05) is 20.8 Å². The summed E-state index contributed by atoms with van der Waals surface area (Å²) in [6.07, 6.45) is 0. The van der Waals surface area contributed by atoms with E-state index in [0.717, 1.165) is 23.4 Å². The second kappa shape index (κ2) is 4.12. The van der Waals surface area contributed by atoms with E-state index in [1.807, 2.05) is 6.92 Å². The lowest BCUT2D eigenvalue weighted by Crippen LogP contribution is -2.18. The van der Waals surface area contributed by atoms with Crippen LogP contribution in [0.2, 0.25) is 0 Å². The Kier molecular flexibility index (Phi) is 2.89. The molecule has 0 aliphatic rings. The number of carboxylic acids is 1. The number of nitrogens with zero attached hydrogens (tertiary/aromatic N) is 2. The molecule has 1 N–H and O–H groups in total. The van der Waals surface area contributed by atoms with Gasteiger partial charge >= 0.3 is 5.97 Å². The van der Waals surface area contributed by atoms with Crippen LogP contribution >= 0.6 is 0 Å². The number of benzene rings is 1. The monoisotopic (exact) mass is 246 g/mol. The number of hydrogen-bond donors (Lipinski definition) is 1. The van der Waals surface area contributed by atoms with Crippen molar-refractivity contribution < 1.29 is 9.90 Å². The summed E-state index contributed by atoms with van der Waals surface area (Å²) in [7, 11) is 0. The highest BCUT2D eigenvalue weighted by Crippen LogP contribution is 2.26. The predicted molar refractivity (Wildman–Crippen MR) is 71.1 cm³/mol. The van der Waals surface area contributed by atoms with Crippen molar-refractivity contribution in [2.45, 2.75) is 39.7 Å². The fourth-order valence-corrected chi connectivity index (χ4v) is 2.15. The zero-order valence-electron chi connectivity index (χ0n) is 11.2. The Morgan fingerprint density at radius 1 is 1.39 bits per heavy atom. The number of fused-ring (bicyclic) bond motifs is 1. The van der Waals surface area contributed by atoms with Crippen LogP contribution in [-0.4, -0.2) is 20.6 Å². The molecule has 0 fully saturated rings. The number of imidazole rings is 1. The molecule has 1 aromatic heterocycles. The summed E-state index contributed by atoms with van der Waals surface area (Å²) in [5.74, 6) is 0.0839. The van der Waals surface area contributed by atoms with Gasteiger partial charge in [-0.3, -0.25) is 0 Å². The van der Waals surface area contributed by atoms with Crippen LogP contribution < -0.4 is 0 Å². The zero-order chi connectivity index (χ0) is 13.5. The first-order valence-corrected chi connectivity index (χ1v) is 6.08. The average molecular weight is 246 g/mol. The Hall–Kier alpha value is -1.84. The number of carboxylic acid groups (broad SMARTS) is 1. The highest BCUT2D eigenvalue weighted by Gasteiger charge is 2.22. The quantitative estimate of drug-likeness (QED) is 0.886. The molecule has 1 aromatic carbocycles. The zero-order valence-corrected chi connectivity index (χ0v) is 11.2. The summed E-state index contributed by atoms with van der Waals surface area (Å²) in [6.45, 7) is 9.16. The molecule has 2 rings (SSSR count). The Labute approximate surface area is 106 Å². The first-order chi connectivity index (χ1) is 8.34. The lowest BCUT2D eigenvalue weighted by atomic mass is 9.96. The van der Waals surface area contributed by atoms with E-state index >= 15 is 0 Å². The molecule has 4 nitrogen and oxygen atoms in total. The molecule has 4 heteroatoms. The number of aryl methyl sites for hydroxylation is 1.